The van der Waals surface area contributed by atoms with Crippen LogP contribution in [0.3, 0.4) is 0 Å². The first-order valence-electron chi connectivity index (χ1n) is 7.54. The molecule has 1 atom stereocenters. The normalized spacial score (nSPS) is 12.2. The second-order valence-corrected chi connectivity index (χ2v) is 5.62. The third-order valence-electron chi connectivity index (χ3n) is 3.86. The minimum Gasteiger partial charge on any atom is -0.298 e. The molecule has 0 bridgehead atoms. The van der Waals surface area contributed by atoms with E-state index < -0.39 is 0 Å². The summed E-state index contributed by atoms with van der Waals surface area (Å²) in [5.74, 6) is 0.0702. The average Bonchev–Trinajstić information content (AvgIpc) is 2.58. The number of benzene rings is 2. The van der Waals surface area contributed by atoms with Crippen LogP contribution in [-0.2, 0) is 11.3 Å². The van der Waals surface area contributed by atoms with E-state index in [0.717, 1.165) is 10.2 Å². The second-order valence-electron chi connectivity index (χ2n) is 5.62. The van der Waals surface area contributed by atoms with E-state index in [9.17, 15) is 9.59 Å². The maximum Gasteiger partial charge on any atom is 0.278 e. The van der Waals surface area contributed by atoms with E-state index in [1.165, 1.54) is 0 Å². The number of Topliss-reactive ketones (excluding diaryl/α,β-unsaturated/α-hetero) is 1. The molecule has 0 unspecified atom stereocenters. The molecular weight excluding hydrogens is 290 g/mol. The Morgan fingerprint density at radius 3 is 2.57 bits per heavy atom. The Balaban J connectivity index is 1.76. The van der Waals surface area contributed by atoms with E-state index in [-0.39, 0.29) is 23.8 Å². The average molecular weight is 307 g/mol. The number of carbonyl (C=O) groups is 1. The SMILES string of the molecule is C[C@H](CC(=O)Cn1nnc2ccccc2c1=O)c1ccccc1. The summed E-state index contributed by atoms with van der Waals surface area (Å²) >= 11 is 0. The quantitative estimate of drug-likeness (QED) is 0.726. The number of hydrogen-bond acceptors (Lipinski definition) is 4. The van der Waals surface area contributed by atoms with Crippen LogP contribution in [-0.4, -0.2) is 20.8 Å². The van der Waals surface area contributed by atoms with Gasteiger partial charge >= 0.3 is 0 Å². The molecule has 23 heavy (non-hydrogen) atoms. The van der Waals surface area contributed by atoms with Gasteiger partial charge in [0.1, 0.15) is 12.1 Å². The Kier molecular flexibility index (Phi) is 4.28. The molecule has 0 amide bonds. The first-order chi connectivity index (χ1) is 11.1. The van der Waals surface area contributed by atoms with Gasteiger partial charge in [-0.3, -0.25) is 9.59 Å². The summed E-state index contributed by atoms with van der Waals surface area (Å²) in [6.07, 6.45) is 0.366. The molecule has 0 spiro atoms. The third kappa shape index (κ3) is 3.34. The molecule has 5 nitrogen and oxygen atoms in total. The van der Waals surface area contributed by atoms with Crippen LogP contribution in [0.25, 0.3) is 10.9 Å². The number of hydrogen-bond donors (Lipinski definition) is 0. The van der Waals surface area contributed by atoms with Crippen molar-refractivity contribution in [1.29, 1.82) is 0 Å². The maximum absolute atomic E-state index is 12.3. The van der Waals surface area contributed by atoms with Crippen LogP contribution in [0.1, 0.15) is 24.8 Å². The smallest absolute Gasteiger partial charge is 0.278 e. The minimum atomic E-state index is -0.281. The zero-order valence-electron chi connectivity index (χ0n) is 12.8. The van der Waals surface area contributed by atoms with Crippen LogP contribution < -0.4 is 5.56 Å². The molecule has 0 aliphatic rings. The molecule has 116 valence electrons. The van der Waals surface area contributed by atoms with E-state index in [1.54, 1.807) is 24.3 Å². The first-order valence-corrected chi connectivity index (χ1v) is 7.54. The molecule has 1 aromatic heterocycles. The van der Waals surface area contributed by atoms with Crippen molar-refractivity contribution in [3.05, 3.63) is 70.5 Å². The van der Waals surface area contributed by atoms with E-state index >= 15 is 0 Å². The number of aromatic nitrogens is 3. The third-order valence-corrected chi connectivity index (χ3v) is 3.86. The Bertz CT molecular complexity index is 887. The van der Waals surface area contributed by atoms with E-state index in [4.69, 9.17) is 0 Å². The fourth-order valence-corrected chi connectivity index (χ4v) is 2.60. The summed E-state index contributed by atoms with van der Waals surface area (Å²) in [5, 5.41) is 8.33. The number of carbonyl (C=O) groups excluding carboxylic acids is 1. The van der Waals surface area contributed by atoms with Crippen molar-refractivity contribution in [2.24, 2.45) is 0 Å². The first kappa shape index (κ1) is 15.1. The molecule has 2 aromatic carbocycles. The van der Waals surface area contributed by atoms with Crippen LogP contribution in [0.15, 0.2) is 59.4 Å². The maximum atomic E-state index is 12.3. The Morgan fingerprint density at radius 2 is 1.78 bits per heavy atom. The van der Waals surface area contributed by atoms with Gasteiger partial charge in [-0.25, -0.2) is 4.68 Å². The summed E-state index contributed by atoms with van der Waals surface area (Å²) in [5.41, 5.74) is 1.37. The predicted octanol–water partition coefficient (Wildman–Crippen LogP) is 2.55. The lowest BCUT2D eigenvalue weighted by atomic mass is 9.96. The number of fused-ring (bicyclic) bond motifs is 1. The topological polar surface area (TPSA) is 64.8 Å². The zero-order chi connectivity index (χ0) is 16.2. The molecule has 3 aromatic rings. The number of rotatable bonds is 5. The van der Waals surface area contributed by atoms with Crippen LogP contribution in [0.4, 0.5) is 0 Å². The standard InChI is InChI=1S/C18H17N3O2/c1-13(14-7-3-2-4-8-14)11-15(22)12-21-18(23)16-9-5-6-10-17(16)19-20-21/h2-10,13H,11-12H2,1H3/t13-/m1/s1. The monoisotopic (exact) mass is 307 g/mol. The van der Waals surface area contributed by atoms with E-state index in [0.29, 0.717) is 17.3 Å². The van der Waals surface area contributed by atoms with Gasteiger partial charge in [0.2, 0.25) is 0 Å². The van der Waals surface area contributed by atoms with Crippen molar-refractivity contribution in [3.8, 4) is 0 Å². The summed E-state index contributed by atoms with van der Waals surface area (Å²) < 4.78 is 1.14. The molecule has 0 fully saturated rings. The summed E-state index contributed by atoms with van der Waals surface area (Å²) in [7, 11) is 0. The van der Waals surface area contributed by atoms with Gasteiger partial charge in [-0.05, 0) is 23.6 Å². The highest BCUT2D eigenvalue weighted by Gasteiger charge is 2.14. The van der Waals surface area contributed by atoms with Crippen LogP contribution >= 0.6 is 0 Å². The van der Waals surface area contributed by atoms with Gasteiger partial charge in [-0.1, -0.05) is 54.6 Å². The zero-order valence-corrected chi connectivity index (χ0v) is 12.8. The highest BCUT2D eigenvalue weighted by atomic mass is 16.1. The van der Waals surface area contributed by atoms with Gasteiger partial charge in [0.25, 0.3) is 5.56 Å². The lowest BCUT2D eigenvalue weighted by Gasteiger charge is -2.11. The van der Waals surface area contributed by atoms with Crippen molar-refractivity contribution < 1.29 is 4.79 Å². The van der Waals surface area contributed by atoms with Crippen molar-refractivity contribution in [3.63, 3.8) is 0 Å². The van der Waals surface area contributed by atoms with Crippen molar-refractivity contribution >= 4 is 16.7 Å². The molecule has 0 aliphatic carbocycles. The molecular formula is C18H17N3O2. The summed E-state index contributed by atoms with van der Waals surface area (Å²) in [6, 6.07) is 16.9. The number of ketones is 1. The van der Waals surface area contributed by atoms with Crippen LogP contribution in [0.5, 0.6) is 0 Å². The summed E-state index contributed by atoms with van der Waals surface area (Å²) in [6.45, 7) is 1.95. The van der Waals surface area contributed by atoms with Crippen molar-refractivity contribution in [2.45, 2.75) is 25.8 Å². The van der Waals surface area contributed by atoms with Gasteiger partial charge in [-0.15, -0.1) is 5.10 Å². The highest BCUT2D eigenvalue weighted by molar-refractivity contribution is 5.80. The van der Waals surface area contributed by atoms with Crippen LogP contribution in [0, 0.1) is 0 Å². The lowest BCUT2D eigenvalue weighted by molar-refractivity contribution is -0.120. The molecule has 5 heteroatoms. The molecule has 0 saturated heterocycles. The fraction of sp³-hybridized carbons (Fsp3) is 0.222. The molecule has 1 heterocycles. The second kappa shape index (κ2) is 6.52. The van der Waals surface area contributed by atoms with Gasteiger partial charge in [0.15, 0.2) is 5.78 Å². The minimum absolute atomic E-state index is 0.0342. The van der Waals surface area contributed by atoms with Gasteiger partial charge < -0.3 is 0 Å². The lowest BCUT2D eigenvalue weighted by Crippen LogP contribution is -2.28. The van der Waals surface area contributed by atoms with Gasteiger partial charge in [0.05, 0.1) is 5.39 Å². The van der Waals surface area contributed by atoms with Crippen molar-refractivity contribution in [1.82, 2.24) is 15.0 Å². The fourth-order valence-electron chi connectivity index (χ4n) is 2.60. The Hall–Kier alpha value is -2.82. The summed E-state index contributed by atoms with van der Waals surface area (Å²) in [4.78, 5) is 24.6. The highest BCUT2D eigenvalue weighted by Crippen LogP contribution is 2.18. The van der Waals surface area contributed by atoms with Gasteiger partial charge in [0, 0.05) is 6.42 Å². The molecule has 0 aliphatic heterocycles. The van der Waals surface area contributed by atoms with Crippen LogP contribution in [0.2, 0.25) is 0 Å². The van der Waals surface area contributed by atoms with Crippen molar-refractivity contribution in [2.75, 3.05) is 0 Å². The molecule has 3 rings (SSSR count). The molecule has 0 saturated carbocycles. The predicted molar refractivity (Wildman–Crippen MR) is 88.3 cm³/mol. The molecule has 0 radical (unpaired) electrons. The Morgan fingerprint density at radius 1 is 1.09 bits per heavy atom. The van der Waals surface area contributed by atoms with Gasteiger partial charge in [-0.2, -0.15) is 0 Å². The largest absolute Gasteiger partial charge is 0.298 e. The van der Waals surface area contributed by atoms with E-state index in [1.807, 2.05) is 37.3 Å². The molecule has 0 N–H and O–H groups in total. The Labute approximate surface area is 133 Å². The number of nitrogens with zero attached hydrogens (tertiary/aromatic N) is 3. The van der Waals surface area contributed by atoms with E-state index in [2.05, 4.69) is 10.3 Å².